The molecule has 0 aromatic carbocycles. The summed E-state index contributed by atoms with van der Waals surface area (Å²) in [4.78, 5) is 15.5. The van der Waals surface area contributed by atoms with Gasteiger partial charge in [-0.1, -0.05) is 13.8 Å². The Morgan fingerprint density at radius 3 is 2.88 bits per heavy atom. The van der Waals surface area contributed by atoms with Gasteiger partial charge in [-0.05, 0) is 19.9 Å². The Balaban J connectivity index is 2.09. The van der Waals surface area contributed by atoms with Crippen molar-refractivity contribution in [3.05, 3.63) is 17.8 Å². The summed E-state index contributed by atoms with van der Waals surface area (Å²) in [6.45, 7) is 7.24. The van der Waals surface area contributed by atoms with Crippen molar-refractivity contribution in [1.82, 2.24) is 15.6 Å². The highest BCUT2D eigenvalue weighted by Crippen LogP contribution is 2.00. The normalized spacial score (nSPS) is 10.8. The lowest BCUT2D eigenvalue weighted by Crippen LogP contribution is -2.27. The van der Waals surface area contributed by atoms with Crippen LogP contribution >= 0.6 is 0 Å². The second kappa shape index (κ2) is 7.06. The van der Waals surface area contributed by atoms with E-state index < -0.39 is 0 Å². The zero-order chi connectivity index (χ0) is 12.7. The van der Waals surface area contributed by atoms with Crippen LogP contribution in [0.1, 0.15) is 38.3 Å². The van der Waals surface area contributed by atoms with Crippen molar-refractivity contribution >= 4 is 5.91 Å². The minimum atomic E-state index is 0.0337. The largest absolute Gasteiger partial charge is 0.444 e. The molecule has 0 bridgehead atoms. The Morgan fingerprint density at radius 2 is 2.29 bits per heavy atom. The summed E-state index contributed by atoms with van der Waals surface area (Å²) in [6, 6.07) is 0.466. The van der Waals surface area contributed by atoms with E-state index in [-0.39, 0.29) is 5.91 Å². The van der Waals surface area contributed by atoms with Crippen molar-refractivity contribution in [3.8, 4) is 0 Å². The smallest absolute Gasteiger partial charge is 0.220 e. The molecule has 0 unspecified atom stereocenters. The minimum absolute atomic E-state index is 0.0337. The van der Waals surface area contributed by atoms with E-state index in [1.165, 1.54) is 0 Å². The number of rotatable bonds is 7. The first kappa shape index (κ1) is 13.7. The highest BCUT2D eigenvalue weighted by Gasteiger charge is 2.04. The molecule has 2 N–H and O–H groups in total. The molecular weight excluding hydrogens is 218 g/mol. The Bertz CT molecular complexity index is 347. The van der Waals surface area contributed by atoms with Gasteiger partial charge >= 0.3 is 0 Å². The monoisotopic (exact) mass is 239 g/mol. The van der Waals surface area contributed by atoms with Gasteiger partial charge in [-0.15, -0.1) is 0 Å². The molecule has 5 nitrogen and oxygen atoms in total. The number of hydrogen-bond donors (Lipinski definition) is 2. The highest BCUT2D eigenvalue weighted by molar-refractivity contribution is 5.75. The Kier molecular flexibility index (Phi) is 5.69. The Hall–Kier alpha value is -1.36. The number of aryl methyl sites for hydroxylation is 1. The molecule has 17 heavy (non-hydrogen) atoms. The summed E-state index contributed by atoms with van der Waals surface area (Å²) >= 11 is 0. The van der Waals surface area contributed by atoms with Gasteiger partial charge in [-0.3, -0.25) is 4.79 Å². The zero-order valence-electron chi connectivity index (χ0n) is 10.7. The third kappa shape index (κ3) is 6.06. The van der Waals surface area contributed by atoms with Gasteiger partial charge in [-0.25, -0.2) is 4.98 Å². The topological polar surface area (TPSA) is 67.2 Å². The van der Waals surface area contributed by atoms with Crippen LogP contribution in [0.3, 0.4) is 0 Å². The number of nitrogens with zero attached hydrogens (tertiary/aromatic N) is 1. The number of carbonyl (C=O) groups is 1. The van der Waals surface area contributed by atoms with Crippen LogP contribution in [0, 0.1) is 6.92 Å². The molecule has 96 valence electrons. The third-order valence-corrected chi connectivity index (χ3v) is 2.24. The average Bonchev–Trinajstić information content (AvgIpc) is 2.67. The lowest BCUT2D eigenvalue weighted by atomic mass is 10.2. The maximum atomic E-state index is 11.5. The number of amides is 1. The maximum Gasteiger partial charge on any atom is 0.220 e. The van der Waals surface area contributed by atoms with Gasteiger partial charge < -0.3 is 15.1 Å². The lowest BCUT2D eigenvalue weighted by molar-refractivity contribution is -0.121. The molecule has 1 aromatic heterocycles. The van der Waals surface area contributed by atoms with Crippen LogP contribution < -0.4 is 10.6 Å². The van der Waals surface area contributed by atoms with E-state index in [0.717, 1.165) is 18.7 Å². The summed E-state index contributed by atoms with van der Waals surface area (Å²) in [5.41, 5.74) is 0. The highest BCUT2D eigenvalue weighted by atomic mass is 16.4. The summed E-state index contributed by atoms with van der Waals surface area (Å²) < 4.78 is 5.25. The van der Waals surface area contributed by atoms with Crippen molar-refractivity contribution in [2.75, 3.05) is 6.54 Å². The van der Waals surface area contributed by atoms with Crippen molar-refractivity contribution in [2.45, 2.75) is 46.2 Å². The van der Waals surface area contributed by atoms with E-state index in [9.17, 15) is 4.79 Å². The fourth-order valence-corrected chi connectivity index (χ4v) is 1.39. The van der Waals surface area contributed by atoms with Crippen molar-refractivity contribution in [3.63, 3.8) is 0 Å². The van der Waals surface area contributed by atoms with Crippen LogP contribution in [-0.2, 0) is 11.3 Å². The predicted octanol–water partition coefficient (Wildman–Crippen LogP) is 1.38. The molecule has 0 atom stereocenters. The van der Waals surface area contributed by atoms with E-state index in [4.69, 9.17) is 4.42 Å². The SMILES string of the molecule is Cc1cnc(CNC(=O)CCCNC(C)C)o1. The van der Waals surface area contributed by atoms with Crippen LogP contribution in [-0.4, -0.2) is 23.5 Å². The van der Waals surface area contributed by atoms with E-state index in [0.29, 0.717) is 24.9 Å². The molecule has 0 saturated carbocycles. The maximum absolute atomic E-state index is 11.5. The van der Waals surface area contributed by atoms with Gasteiger partial charge in [0, 0.05) is 12.5 Å². The molecule has 0 saturated heterocycles. The number of carbonyl (C=O) groups excluding carboxylic acids is 1. The van der Waals surface area contributed by atoms with Gasteiger partial charge in [0.15, 0.2) is 0 Å². The molecule has 0 aliphatic heterocycles. The van der Waals surface area contributed by atoms with Gasteiger partial charge in [0.2, 0.25) is 11.8 Å². The van der Waals surface area contributed by atoms with Crippen molar-refractivity contribution < 1.29 is 9.21 Å². The number of aromatic nitrogens is 1. The fraction of sp³-hybridized carbons (Fsp3) is 0.667. The lowest BCUT2D eigenvalue weighted by Gasteiger charge is -2.07. The molecule has 1 rings (SSSR count). The second-order valence-electron chi connectivity index (χ2n) is 4.35. The quantitative estimate of drug-likeness (QED) is 0.705. The average molecular weight is 239 g/mol. The van der Waals surface area contributed by atoms with E-state index in [2.05, 4.69) is 29.5 Å². The van der Waals surface area contributed by atoms with Crippen molar-refractivity contribution in [2.24, 2.45) is 0 Å². The van der Waals surface area contributed by atoms with Crippen LogP contribution in [0.2, 0.25) is 0 Å². The molecule has 0 radical (unpaired) electrons. The van der Waals surface area contributed by atoms with Gasteiger partial charge in [-0.2, -0.15) is 0 Å². The zero-order valence-corrected chi connectivity index (χ0v) is 10.7. The summed E-state index contributed by atoms with van der Waals surface area (Å²) in [5, 5.41) is 6.04. The molecular formula is C12H21N3O2. The number of nitrogens with one attached hydrogen (secondary N) is 2. The number of oxazole rings is 1. The van der Waals surface area contributed by atoms with Gasteiger partial charge in [0.1, 0.15) is 5.76 Å². The fourth-order valence-electron chi connectivity index (χ4n) is 1.39. The summed E-state index contributed by atoms with van der Waals surface area (Å²) in [6.07, 6.45) is 3.02. The molecule has 1 heterocycles. The van der Waals surface area contributed by atoms with Gasteiger partial charge in [0.05, 0.1) is 12.7 Å². The van der Waals surface area contributed by atoms with E-state index >= 15 is 0 Å². The van der Waals surface area contributed by atoms with E-state index in [1.54, 1.807) is 6.20 Å². The Labute approximate surface area is 102 Å². The minimum Gasteiger partial charge on any atom is -0.444 e. The summed E-state index contributed by atoms with van der Waals surface area (Å²) in [7, 11) is 0. The molecule has 0 spiro atoms. The van der Waals surface area contributed by atoms with Crippen molar-refractivity contribution in [1.29, 1.82) is 0 Å². The molecule has 1 amide bonds. The second-order valence-corrected chi connectivity index (χ2v) is 4.35. The van der Waals surface area contributed by atoms with Crippen LogP contribution in [0.5, 0.6) is 0 Å². The first-order valence-electron chi connectivity index (χ1n) is 5.99. The molecule has 5 heteroatoms. The third-order valence-electron chi connectivity index (χ3n) is 2.24. The molecule has 1 aromatic rings. The summed E-state index contributed by atoms with van der Waals surface area (Å²) in [5.74, 6) is 1.35. The molecule has 0 aliphatic carbocycles. The predicted molar refractivity (Wildman–Crippen MR) is 65.5 cm³/mol. The standard InChI is InChI=1S/C12H21N3O2/c1-9(2)13-6-4-5-11(16)14-8-12-15-7-10(3)17-12/h7,9,13H,4-6,8H2,1-3H3,(H,14,16). The van der Waals surface area contributed by atoms with Crippen LogP contribution in [0.4, 0.5) is 0 Å². The van der Waals surface area contributed by atoms with Crippen LogP contribution in [0.25, 0.3) is 0 Å². The molecule has 0 aliphatic rings. The Morgan fingerprint density at radius 1 is 1.53 bits per heavy atom. The first-order valence-corrected chi connectivity index (χ1v) is 5.99. The number of hydrogen-bond acceptors (Lipinski definition) is 4. The van der Waals surface area contributed by atoms with Gasteiger partial charge in [0.25, 0.3) is 0 Å². The van der Waals surface area contributed by atoms with Crippen LogP contribution in [0.15, 0.2) is 10.6 Å². The first-order chi connectivity index (χ1) is 8.08. The molecule has 0 fully saturated rings. The van der Waals surface area contributed by atoms with E-state index in [1.807, 2.05) is 6.92 Å².